The van der Waals surface area contributed by atoms with E-state index in [0.717, 1.165) is 4.68 Å². The molecule has 3 aromatic carbocycles. The average Bonchev–Trinajstić information content (AvgIpc) is 3.30. The summed E-state index contributed by atoms with van der Waals surface area (Å²) in [4.78, 5) is 12.6. The van der Waals surface area contributed by atoms with Gasteiger partial charge in [-0.25, -0.2) is 22.0 Å². The van der Waals surface area contributed by atoms with Crippen LogP contribution < -0.4 is 10.1 Å². The zero-order valence-corrected chi connectivity index (χ0v) is 19.5. The minimum atomic E-state index is -2.24. The predicted octanol–water partition coefficient (Wildman–Crippen LogP) is 6.77. The van der Waals surface area contributed by atoms with Crippen LogP contribution in [0.1, 0.15) is 21.5 Å². The van der Waals surface area contributed by atoms with E-state index in [-0.39, 0.29) is 18.0 Å². The van der Waals surface area contributed by atoms with Crippen molar-refractivity contribution in [1.29, 1.82) is 0 Å². The molecule has 0 aliphatic carbocycles. The first-order valence-electron chi connectivity index (χ1n) is 10.2. The van der Waals surface area contributed by atoms with Crippen LogP contribution in [0, 0.1) is 29.1 Å². The Morgan fingerprint density at radius 2 is 1.61 bits per heavy atom. The van der Waals surface area contributed by atoms with Crippen molar-refractivity contribution in [3.05, 3.63) is 111 Å². The fourth-order valence-electron chi connectivity index (χ4n) is 3.21. The lowest BCUT2D eigenvalue weighted by atomic mass is 10.1. The third kappa shape index (κ3) is 5.44. The lowest BCUT2D eigenvalue weighted by Crippen LogP contribution is -2.14. The molecule has 4 rings (SSSR count). The first-order chi connectivity index (χ1) is 17.1. The smallest absolute Gasteiger partial charge is 0.256 e. The van der Waals surface area contributed by atoms with E-state index < -0.39 is 47.1 Å². The third-order valence-corrected chi connectivity index (χ3v) is 5.51. The number of anilines is 1. The Labute approximate surface area is 211 Å². The summed E-state index contributed by atoms with van der Waals surface area (Å²) in [5, 5.41) is 7.20. The van der Waals surface area contributed by atoms with E-state index in [1.165, 1.54) is 18.3 Å². The van der Waals surface area contributed by atoms with Crippen molar-refractivity contribution in [1.82, 2.24) is 9.78 Å². The number of rotatable bonds is 7. The Kier molecular flexibility index (Phi) is 7.46. The van der Waals surface area contributed by atoms with Crippen molar-refractivity contribution < 1.29 is 31.5 Å². The number of ether oxygens (including phenoxy) is 1. The van der Waals surface area contributed by atoms with Gasteiger partial charge in [0.15, 0.2) is 29.1 Å². The molecule has 1 amide bonds. The van der Waals surface area contributed by atoms with Gasteiger partial charge in [0.05, 0.1) is 17.1 Å². The van der Waals surface area contributed by atoms with Gasteiger partial charge in [-0.1, -0.05) is 35.3 Å². The minimum Gasteiger partial charge on any atom is -0.487 e. The molecule has 0 aliphatic rings. The van der Waals surface area contributed by atoms with Crippen LogP contribution in [0.25, 0.3) is 0 Å². The number of nitrogens with one attached hydrogen (secondary N) is 1. The molecular formula is C24H14Cl2F5N3O2. The maximum absolute atomic E-state index is 13.9. The summed E-state index contributed by atoms with van der Waals surface area (Å²) in [6, 6.07) is 12.6. The fraction of sp³-hybridized carbons (Fsp3) is 0.0833. The molecule has 0 fully saturated rings. The van der Waals surface area contributed by atoms with E-state index in [4.69, 9.17) is 27.9 Å². The lowest BCUT2D eigenvalue weighted by molar-refractivity contribution is 0.102. The second-order valence-corrected chi connectivity index (χ2v) is 8.31. The van der Waals surface area contributed by atoms with Crippen LogP contribution in [0.5, 0.6) is 5.75 Å². The van der Waals surface area contributed by atoms with Gasteiger partial charge in [-0.05, 0) is 35.9 Å². The zero-order valence-electron chi connectivity index (χ0n) is 18.0. The standard InChI is InChI=1S/C24H14Cl2F5N3O2/c25-14-4-5-17(16(26)9-14)36-11-12-2-1-3-13(8-12)24(35)32-18-6-7-34(33-18)10-15-19(27)21(29)23(31)22(30)20(15)28/h1-9H,10-11H2,(H,32,33,35). The predicted molar refractivity (Wildman–Crippen MR) is 123 cm³/mol. The first-order valence-corrected chi connectivity index (χ1v) is 10.9. The largest absolute Gasteiger partial charge is 0.487 e. The Morgan fingerprint density at radius 1 is 0.917 bits per heavy atom. The molecule has 0 radical (unpaired) electrons. The maximum atomic E-state index is 13.9. The van der Waals surface area contributed by atoms with E-state index in [2.05, 4.69) is 10.4 Å². The highest BCUT2D eigenvalue weighted by Gasteiger charge is 2.26. The third-order valence-electron chi connectivity index (χ3n) is 4.98. The molecule has 1 N–H and O–H groups in total. The van der Waals surface area contributed by atoms with Gasteiger partial charge >= 0.3 is 0 Å². The van der Waals surface area contributed by atoms with Gasteiger partial charge in [-0.2, -0.15) is 5.10 Å². The van der Waals surface area contributed by atoms with Crippen molar-refractivity contribution in [2.24, 2.45) is 0 Å². The molecule has 186 valence electrons. The van der Waals surface area contributed by atoms with Crippen molar-refractivity contribution in [3.8, 4) is 5.75 Å². The van der Waals surface area contributed by atoms with Gasteiger partial charge in [-0.15, -0.1) is 0 Å². The van der Waals surface area contributed by atoms with Gasteiger partial charge in [0.25, 0.3) is 5.91 Å². The molecule has 1 aromatic heterocycles. The van der Waals surface area contributed by atoms with Crippen LogP contribution in [0.2, 0.25) is 10.0 Å². The molecule has 36 heavy (non-hydrogen) atoms. The summed E-state index contributed by atoms with van der Waals surface area (Å²) in [6.07, 6.45) is 1.22. The van der Waals surface area contributed by atoms with Gasteiger partial charge in [0.2, 0.25) is 5.82 Å². The van der Waals surface area contributed by atoms with Crippen LogP contribution in [-0.2, 0) is 13.2 Å². The molecule has 4 aromatic rings. The lowest BCUT2D eigenvalue weighted by Gasteiger charge is -2.10. The Hall–Kier alpha value is -3.63. The monoisotopic (exact) mass is 541 g/mol. The van der Waals surface area contributed by atoms with Crippen molar-refractivity contribution >= 4 is 34.9 Å². The number of hydrogen-bond acceptors (Lipinski definition) is 3. The van der Waals surface area contributed by atoms with Crippen LogP contribution in [0.4, 0.5) is 27.8 Å². The SMILES string of the molecule is O=C(Nc1ccn(Cc2c(F)c(F)c(F)c(F)c2F)n1)c1cccc(COc2ccc(Cl)cc2Cl)c1. The maximum Gasteiger partial charge on any atom is 0.256 e. The molecule has 5 nitrogen and oxygen atoms in total. The number of benzene rings is 3. The molecule has 12 heteroatoms. The van der Waals surface area contributed by atoms with E-state index in [1.807, 2.05) is 0 Å². The van der Waals surface area contributed by atoms with Crippen LogP contribution >= 0.6 is 23.2 Å². The Bertz CT molecular complexity index is 1430. The number of aromatic nitrogens is 2. The molecule has 0 saturated heterocycles. The molecule has 0 saturated carbocycles. The van der Waals surface area contributed by atoms with Gasteiger partial charge < -0.3 is 10.1 Å². The van der Waals surface area contributed by atoms with Crippen molar-refractivity contribution in [3.63, 3.8) is 0 Å². The number of hydrogen-bond donors (Lipinski definition) is 1. The highest BCUT2D eigenvalue weighted by molar-refractivity contribution is 6.35. The minimum absolute atomic E-state index is 0.00142. The quantitative estimate of drug-likeness (QED) is 0.160. The van der Waals surface area contributed by atoms with Crippen molar-refractivity contribution in [2.75, 3.05) is 5.32 Å². The zero-order chi connectivity index (χ0) is 26.0. The van der Waals surface area contributed by atoms with Crippen LogP contribution in [0.3, 0.4) is 0 Å². The number of carbonyl (C=O) groups excluding carboxylic acids is 1. The Balaban J connectivity index is 1.43. The Morgan fingerprint density at radius 3 is 2.31 bits per heavy atom. The molecular weight excluding hydrogens is 528 g/mol. The van der Waals surface area contributed by atoms with Crippen molar-refractivity contribution in [2.45, 2.75) is 13.2 Å². The molecule has 1 heterocycles. The molecule has 0 bridgehead atoms. The first kappa shape index (κ1) is 25.5. The number of nitrogens with zero attached hydrogens (tertiary/aromatic N) is 2. The summed E-state index contributed by atoms with van der Waals surface area (Å²) < 4.78 is 74.5. The molecule has 0 atom stereocenters. The summed E-state index contributed by atoms with van der Waals surface area (Å²) in [6.45, 7) is -0.638. The highest BCUT2D eigenvalue weighted by atomic mass is 35.5. The van der Waals surface area contributed by atoms with Crippen LogP contribution in [-0.4, -0.2) is 15.7 Å². The number of halogens is 7. The normalized spacial score (nSPS) is 11.0. The summed E-state index contributed by atoms with van der Waals surface area (Å²) in [7, 11) is 0. The number of carbonyl (C=O) groups is 1. The van der Waals surface area contributed by atoms with E-state index in [9.17, 15) is 26.7 Å². The van der Waals surface area contributed by atoms with E-state index in [0.29, 0.717) is 21.4 Å². The van der Waals surface area contributed by atoms with E-state index >= 15 is 0 Å². The molecule has 0 aliphatic heterocycles. The van der Waals surface area contributed by atoms with Crippen LogP contribution in [0.15, 0.2) is 54.7 Å². The van der Waals surface area contributed by atoms with E-state index in [1.54, 1.807) is 36.4 Å². The summed E-state index contributed by atoms with van der Waals surface area (Å²) in [5.74, 6) is -10.4. The highest BCUT2D eigenvalue weighted by Crippen LogP contribution is 2.28. The topological polar surface area (TPSA) is 56.2 Å². The number of amides is 1. The van der Waals surface area contributed by atoms with Gasteiger partial charge in [-0.3, -0.25) is 9.48 Å². The molecule has 0 spiro atoms. The average molecular weight is 542 g/mol. The molecule has 0 unspecified atom stereocenters. The van der Waals surface area contributed by atoms with Gasteiger partial charge in [0.1, 0.15) is 12.4 Å². The van der Waals surface area contributed by atoms with Gasteiger partial charge in [0, 0.05) is 22.8 Å². The second kappa shape index (κ2) is 10.5. The fourth-order valence-corrected chi connectivity index (χ4v) is 3.67. The second-order valence-electron chi connectivity index (χ2n) is 7.46. The summed E-state index contributed by atoms with van der Waals surface area (Å²) in [5.41, 5.74) is -0.140. The summed E-state index contributed by atoms with van der Waals surface area (Å²) >= 11 is 11.9.